The summed E-state index contributed by atoms with van der Waals surface area (Å²) in [6.45, 7) is 6.11. The zero-order chi connectivity index (χ0) is 16.1. The van der Waals surface area contributed by atoms with Gasteiger partial charge >= 0.3 is 0 Å². The molecule has 1 aromatic carbocycles. The van der Waals surface area contributed by atoms with Gasteiger partial charge in [0, 0.05) is 19.1 Å². The SMILES string of the molecule is CCC1CCCCN1c1cnnc(NCc2ccc(C)cc2)n1. The molecular weight excluding hydrogens is 286 g/mol. The Morgan fingerprint density at radius 1 is 1.22 bits per heavy atom. The van der Waals surface area contributed by atoms with Crippen molar-refractivity contribution in [3.63, 3.8) is 0 Å². The van der Waals surface area contributed by atoms with Crippen LogP contribution in [0.1, 0.15) is 43.7 Å². The van der Waals surface area contributed by atoms with Crippen molar-refractivity contribution in [2.24, 2.45) is 0 Å². The van der Waals surface area contributed by atoms with Gasteiger partial charge in [0.25, 0.3) is 0 Å². The third kappa shape index (κ3) is 3.97. The number of nitrogens with one attached hydrogen (secondary N) is 1. The van der Waals surface area contributed by atoms with Crippen molar-refractivity contribution in [2.75, 3.05) is 16.8 Å². The fourth-order valence-electron chi connectivity index (χ4n) is 3.12. The summed E-state index contributed by atoms with van der Waals surface area (Å²) < 4.78 is 0. The molecule has 0 saturated carbocycles. The van der Waals surface area contributed by atoms with Gasteiger partial charge in [-0.2, -0.15) is 10.1 Å². The Balaban J connectivity index is 1.68. The molecule has 1 unspecified atom stereocenters. The van der Waals surface area contributed by atoms with Crippen LogP contribution in [0.2, 0.25) is 0 Å². The highest BCUT2D eigenvalue weighted by molar-refractivity contribution is 5.42. The number of aryl methyl sites for hydroxylation is 1. The van der Waals surface area contributed by atoms with Crippen molar-refractivity contribution in [1.29, 1.82) is 0 Å². The molecule has 0 amide bonds. The number of rotatable bonds is 5. The van der Waals surface area contributed by atoms with E-state index in [0.29, 0.717) is 18.5 Å². The highest BCUT2D eigenvalue weighted by Gasteiger charge is 2.22. The second-order valence-electron chi connectivity index (χ2n) is 6.23. The molecule has 0 spiro atoms. The van der Waals surface area contributed by atoms with Crippen LogP contribution in [-0.4, -0.2) is 27.8 Å². The van der Waals surface area contributed by atoms with E-state index in [4.69, 9.17) is 0 Å². The fourth-order valence-corrected chi connectivity index (χ4v) is 3.12. The van der Waals surface area contributed by atoms with E-state index >= 15 is 0 Å². The van der Waals surface area contributed by atoms with E-state index in [1.165, 1.54) is 30.4 Å². The number of hydrogen-bond donors (Lipinski definition) is 1. The molecule has 0 bridgehead atoms. The Kier molecular flexibility index (Phi) is 5.05. The molecule has 1 atom stereocenters. The molecule has 5 heteroatoms. The largest absolute Gasteiger partial charge is 0.352 e. The van der Waals surface area contributed by atoms with Crippen LogP contribution in [0.4, 0.5) is 11.8 Å². The van der Waals surface area contributed by atoms with Gasteiger partial charge in [-0.15, -0.1) is 5.10 Å². The first kappa shape index (κ1) is 15.7. The minimum absolute atomic E-state index is 0.574. The average Bonchev–Trinajstić information content (AvgIpc) is 2.61. The second kappa shape index (κ2) is 7.40. The van der Waals surface area contributed by atoms with Crippen LogP contribution in [0, 0.1) is 6.92 Å². The molecule has 0 aliphatic carbocycles. The van der Waals surface area contributed by atoms with Crippen LogP contribution in [0.5, 0.6) is 0 Å². The second-order valence-corrected chi connectivity index (χ2v) is 6.23. The van der Waals surface area contributed by atoms with Crippen LogP contribution < -0.4 is 10.2 Å². The first-order chi connectivity index (χ1) is 11.3. The highest BCUT2D eigenvalue weighted by atomic mass is 15.3. The Labute approximate surface area is 138 Å². The van der Waals surface area contributed by atoms with Crippen LogP contribution in [-0.2, 0) is 6.54 Å². The topological polar surface area (TPSA) is 53.9 Å². The van der Waals surface area contributed by atoms with Gasteiger partial charge in [0.1, 0.15) is 0 Å². The van der Waals surface area contributed by atoms with Gasteiger partial charge in [-0.1, -0.05) is 36.8 Å². The molecular formula is C18H25N5. The lowest BCUT2D eigenvalue weighted by molar-refractivity contribution is 0.446. The zero-order valence-electron chi connectivity index (χ0n) is 14.0. The molecule has 1 aliphatic heterocycles. The predicted molar refractivity (Wildman–Crippen MR) is 93.6 cm³/mol. The van der Waals surface area contributed by atoms with Gasteiger partial charge in [0.05, 0.1) is 6.20 Å². The van der Waals surface area contributed by atoms with Crippen molar-refractivity contribution in [3.8, 4) is 0 Å². The molecule has 3 rings (SSSR count). The maximum atomic E-state index is 4.67. The fraction of sp³-hybridized carbons (Fsp3) is 0.500. The number of nitrogens with zero attached hydrogens (tertiary/aromatic N) is 4. The number of anilines is 2. The number of aromatic nitrogens is 3. The van der Waals surface area contributed by atoms with E-state index in [0.717, 1.165) is 18.8 Å². The summed E-state index contributed by atoms with van der Waals surface area (Å²) in [5, 5.41) is 11.5. The molecule has 1 aliphatic rings. The summed E-state index contributed by atoms with van der Waals surface area (Å²) >= 11 is 0. The summed E-state index contributed by atoms with van der Waals surface area (Å²) in [4.78, 5) is 7.05. The summed E-state index contributed by atoms with van der Waals surface area (Å²) in [6, 6.07) is 9.05. The van der Waals surface area contributed by atoms with E-state index in [2.05, 4.69) is 63.5 Å². The van der Waals surface area contributed by atoms with Crippen molar-refractivity contribution in [3.05, 3.63) is 41.6 Å². The lowest BCUT2D eigenvalue weighted by Gasteiger charge is -2.35. The molecule has 23 heavy (non-hydrogen) atoms. The van der Waals surface area contributed by atoms with E-state index in [1.807, 2.05) is 0 Å². The predicted octanol–water partition coefficient (Wildman–Crippen LogP) is 3.56. The van der Waals surface area contributed by atoms with E-state index < -0.39 is 0 Å². The van der Waals surface area contributed by atoms with Crippen LogP contribution in [0.25, 0.3) is 0 Å². The van der Waals surface area contributed by atoms with Gasteiger partial charge in [-0.25, -0.2) is 0 Å². The van der Waals surface area contributed by atoms with Crippen molar-refractivity contribution >= 4 is 11.8 Å². The molecule has 1 aromatic heterocycles. The van der Waals surface area contributed by atoms with Crippen molar-refractivity contribution in [2.45, 2.75) is 52.1 Å². The smallest absolute Gasteiger partial charge is 0.244 e. The molecule has 1 saturated heterocycles. The molecule has 1 N–H and O–H groups in total. The minimum atomic E-state index is 0.574. The number of hydrogen-bond acceptors (Lipinski definition) is 5. The maximum absolute atomic E-state index is 4.67. The van der Waals surface area contributed by atoms with E-state index in [1.54, 1.807) is 6.20 Å². The van der Waals surface area contributed by atoms with E-state index in [9.17, 15) is 0 Å². The normalized spacial score (nSPS) is 18.0. The Morgan fingerprint density at radius 3 is 2.83 bits per heavy atom. The summed E-state index contributed by atoms with van der Waals surface area (Å²) in [7, 11) is 0. The van der Waals surface area contributed by atoms with E-state index in [-0.39, 0.29) is 0 Å². The minimum Gasteiger partial charge on any atom is -0.352 e. The summed E-state index contributed by atoms with van der Waals surface area (Å²) in [5.41, 5.74) is 2.48. The molecule has 2 aromatic rings. The van der Waals surface area contributed by atoms with Crippen LogP contribution in [0.15, 0.2) is 30.5 Å². The third-order valence-corrected chi connectivity index (χ3v) is 4.51. The standard InChI is InChI=1S/C18H25N5/c1-3-16-6-4-5-11-23(16)17-13-20-22-18(21-17)19-12-15-9-7-14(2)8-10-15/h7-10,13,16H,3-6,11-12H2,1-2H3,(H,19,21,22). The van der Waals surface area contributed by atoms with Gasteiger partial charge in [0.15, 0.2) is 5.82 Å². The highest BCUT2D eigenvalue weighted by Crippen LogP contribution is 2.24. The average molecular weight is 311 g/mol. The maximum Gasteiger partial charge on any atom is 0.244 e. The quantitative estimate of drug-likeness (QED) is 0.915. The monoisotopic (exact) mass is 311 g/mol. The number of benzene rings is 1. The third-order valence-electron chi connectivity index (χ3n) is 4.51. The first-order valence-corrected chi connectivity index (χ1v) is 8.52. The Hall–Kier alpha value is -2.17. The Bertz CT molecular complexity index is 626. The summed E-state index contributed by atoms with van der Waals surface area (Å²) in [6.07, 6.45) is 6.71. The molecule has 1 fully saturated rings. The molecule has 5 nitrogen and oxygen atoms in total. The lowest BCUT2D eigenvalue weighted by atomic mass is 10.0. The molecule has 122 valence electrons. The molecule has 0 radical (unpaired) electrons. The van der Waals surface area contributed by atoms with Gasteiger partial charge in [0.2, 0.25) is 5.95 Å². The van der Waals surface area contributed by atoms with Crippen molar-refractivity contribution < 1.29 is 0 Å². The van der Waals surface area contributed by atoms with Crippen molar-refractivity contribution in [1.82, 2.24) is 15.2 Å². The van der Waals surface area contributed by atoms with Gasteiger partial charge in [-0.3, -0.25) is 0 Å². The Morgan fingerprint density at radius 2 is 2.04 bits per heavy atom. The van der Waals surface area contributed by atoms with Crippen LogP contribution >= 0.6 is 0 Å². The van der Waals surface area contributed by atoms with Gasteiger partial charge < -0.3 is 10.2 Å². The van der Waals surface area contributed by atoms with Gasteiger partial charge in [-0.05, 0) is 38.2 Å². The summed E-state index contributed by atoms with van der Waals surface area (Å²) in [5.74, 6) is 1.54. The number of piperidine rings is 1. The first-order valence-electron chi connectivity index (χ1n) is 8.52. The lowest BCUT2D eigenvalue weighted by Crippen LogP contribution is -2.39. The van der Waals surface area contributed by atoms with Crippen LogP contribution in [0.3, 0.4) is 0 Å². The molecule has 2 heterocycles. The zero-order valence-corrected chi connectivity index (χ0v) is 14.0.